The molecular weight excluding hydrogens is 452 g/mol. The van der Waals surface area contributed by atoms with Crippen LogP contribution < -0.4 is 10.3 Å². The first-order chi connectivity index (χ1) is 16.2. The second-order valence-electron chi connectivity index (χ2n) is 8.62. The molecule has 0 aliphatic carbocycles. The SMILES string of the molecule is COc1cc(S(=O)(=O)N2CCCCC2)ccc1N=Cc1c(C)[nH]n(-c2ccc(C)c(C)c2)c1=O. The Morgan fingerprint density at radius 1 is 1.00 bits per heavy atom. The van der Waals surface area contributed by atoms with Crippen molar-refractivity contribution in [3.05, 3.63) is 69.1 Å². The number of H-pyrrole nitrogens is 1. The van der Waals surface area contributed by atoms with Gasteiger partial charge in [0, 0.05) is 31.1 Å². The number of nitrogens with zero attached hydrogens (tertiary/aromatic N) is 3. The maximum atomic E-state index is 13.0. The molecule has 3 aromatic rings. The van der Waals surface area contributed by atoms with Gasteiger partial charge in [-0.3, -0.25) is 14.9 Å². The van der Waals surface area contributed by atoms with E-state index in [-0.39, 0.29) is 10.5 Å². The second kappa shape index (κ2) is 9.60. The van der Waals surface area contributed by atoms with Crippen LogP contribution in [-0.4, -0.2) is 48.9 Å². The maximum Gasteiger partial charge on any atom is 0.280 e. The second-order valence-corrected chi connectivity index (χ2v) is 10.6. The van der Waals surface area contributed by atoms with Crippen LogP contribution in [0, 0.1) is 20.8 Å². The number of aliphatic imine (C=N–C) groups is 1. The van der Waals surface area contributed by atoms with Gasteiger partial charge in [-0.05, 0) is 69.0 Å². The number of sulfonamides is 1. The summed E-state index contributed by atoms with van der Waals surface area (Å²) in [6.45, 7) is 6.90. The van der Waals surface area contributed by atoms with Crippen molar-refractivity contribution < 1.29 is 13.2 Å². The first-order valence-electron chi connectivity index (χ1n) is 11.3. The highest BCUT2D eigenvalue weighted by atomic mass is 32.2. The number of rotatable bonds is 6. The van der Waals surface area contributed by atoms with Gasteiger partial charge in [0.05, 0.1) is 23.3 Å². The number of benzene rings is 2. The molecule has 0 amide bonds. The number of hydrogen-bond acceptors (Lipinski definition) is 5. The van der Waals surface area contributed by atoms with Gasteiger partial charge in [-0.15, -0.1) is 0 Å². The van der Waals surface area contributed by atoms with Gasteiger partial charge >= 0.3 is 0 Å². The molecule has 1 aliphatic heterocycles. The van der Waals surface area contributed by atoms with E-state index in [1.54, 1.807) is 6.07 Å². The normalized spacial score (nSPS) is 15.2. The molecule has 8 nitrogen and oxygen atoms in total. The molecule has 2 heterocycles. The molecule has 180 valence electrons. The molecule has 1 aromatic heterocycles. The Balaban J connectivity index is 1.65. The monoisotopic (exact) mass is 482 g/mol. The van der Waals surface area contributed by atoms with Gasteiger partial charge in [0.2, 0.25) is 10.0 Å². The Bertz CT molecular complexity index is 1400. The Morgan fingerprint density at radius 2 is 1.74 bits per heavy atom. The lowest BCUT2D eigenvalue weighted by Gasteiger charge is -2.26. The van der Waals surface area contributed by atoms with Gasteiger partial charge in [0.1, 0.15) is 11.4 Å². The molecule has 2 aromatic carbocycles. The standard InChI is InChI=1S/C25H30N4O4S/c1-17-8-9-20(14-18(17)2)29-25(30)22(19(3)27-29)16-26-23-11-10-21(15-24(23)33-4)34(31,32)28-12-6-5-7-13-28/h8-11,14-16,27H,5-7,12-13H2,1-4H3. The summed E-state index contributed by atoms with van der Waals surface area (Å²) < 4.78 is 34.4. The van der Waals surface area contributed by atoms with Crippen LogP contribution in [0.1, 0.15) is 41.6 Å². The molecular formula is C25H30N4O4S. The van der Waals surface area contributed by atoms with E-state index >= 15 is 0 Å². The van der Waals surface area contributed by atoms with Crippen molar-refractivity contribution in [2.75, 3.05) is 20.2 Å². The van der Waals surface area contributed by atoms with Crippen LogP contribution in [0.2, 0.25) is 0 Å². The van der Waals surface area contributed by atoms with Crippen molar-refractivity contribution in [2.24, 2.45) is 4.99 Å². The van der Waals surface area contributed by atoms with Crippen LogP contribution >= 0.6 is 0 Å². The van der Waals surface area contributed by atoms with Crippen LogP contribution in [0.5, 0.6) is 5.75 Å². The number of hydrogen-bond donors (Lipinski definition) is 1. The van der Waals surface area contributed by atoms with E-state index in [2.05, 4.69) is 10.1 Å². The third-order valence-corrected chi connectivity index (χ3v) is 8.20. The summed E-state index contributed by atoms with van der Waals surface area (Å²) in [5.74, 6) is 0.331. The van der Waals surface area contributed by atoms with E-state index in [1.807, 2.05) is 39.0 Å². The topological polar surface area (TPSA) is 96.8 Å². The Hall–Kier alpha value is -3.17. The molecule has 0 atom stereocenters. The fourth-order valence-electron chi connectivity index (χ4n) is 4.07. The van der Waals surface area contributed by atoms with Crippen molar-refractivity contribution >= 4 is 21.9 Å². The summed E-state index contributed by atoms with van der Waals surface area (Å²) in [5.41, 5.74) is 4.32. The number of ether oxygens (including phenoxy) is 1. The molecule has 0 spiro atoms. The van der Waals surface area contributed by atoms with E-state index in [0.29, 0.717) is 35.8 Å². The summed E-state index contributed by atoms with van der Waals surface area (Å²) in [6, 6.07) is 10.5. The van der Waals surface area contributed by atoms with Gasteiger partial charge in [-0.2, -0.15) is 4.31 Å². The van der Waals surface area contributed by atoms with Crippen LogP contribution in [0.15, 0.2) is 51.1 Å². The van der Waals surface area contributed by atoms with E-state index in [9.17, 15) is 13.2 Å². The number of aromatic nitrogens is 2. The first kappa shape index (κ1) is 24.0. The van der Waals surface area contributed by atoms with Crippen LogP contribution in [0.3, 0.4) is 0 Å². The molecule has 0 radical (unpaired) electrons. The minimum atomic E-state index is -3.58. The van der Waals surface area contributed by atoms with E-state index in [0.717, 1.165) is 36.1 Å². The largest absolute Gasteiger partial charge is 0.494 e. The number of aryl methyl sites for hydroxylation is 3. The summed E-state index contributed by atoms with van der Waals surface area (Å²) in [5, 5.41) is 3.10. The van der Waals surface area contributed by atoms with Gasteiger partial charge < -0.3 is 4.74 Å². The number of nitrogens with one attached hydrogen (secondary N) is 1. The summed E-state index contributed by atoms with van der Waals surface area (Å²) in [4.78, 5) is 17.7. The van der Waals surface area contributed by atoms with E-state index in [1.165, 1.54) is 34.4 Å². The summed E-state index contributed by atoms with van der Waals surface area (Å²) in [7, 11) is -2.11. The lowest BCUT2D eigenvalue weighted by molar-refractivity contribution is 0.346. The third-order valence-electron chi connectivity index (χ3n) is 6.30. The Morgan fingerprint density at radius 3 is 2.41 bits per heavy atom. The van der Waals surface area contributed by atoms with E-state index < -0.39 is 10.0 Å². The highest BCUT2D eigenvalue weighted by Gasteiger charge is 2.26. The lowest BCUT2D eigenvalue weighted by atomic mass is 10.1. The minimum Gasteiger partial charge on any atom is -0.494 e. The molecule has 0 saturated carbocycles. The number of piperidine rings is 1. The van der Waals surface area contributed by atoms with Gasteiger partial charge in [0.15, 0.2) is 0 Å². The third kappa shape index (κ3) is 4.58. The lowest BCUT2D eigenvalue weighted by Crippen LogP contribution is -2.35. The summed E-state index contributed by atoms with van der Waals surface area (Å²) in [6.07, 6.45) is 4.28. The zero-order valence-corrected chi connectivity index (χ0v) is 20.8. The predicted molar refractivity (Wildman–Crippen MR) is 133 cm³/mol. The number of aromatic amines is 1. The average molecular weight is 483 g/mol. The summed E-state index contributed by atoms with van der Waals surface area (Å²) >= 11 is 0. The van der Waals surface area contributed by atoms with Crippen LogP contribution in [-0.2, 0) is 10.0 Å². The van der Waals surface area contributed by atoms with Crippen molar-refractivity contribution in [3.8, 4) is 11.4 Å². The van der Waals surface area contributed by atoms with Crippen LogP contribution in [0.25, 0.3) is 5.69 Å². The zero-order valence-electron chi connectivity index (χ0n) is 20.0. The quantitative estimate of drug-likeness (QED) is 0.537. The van der Waals surface area contributed by atoms with Gasteiger partial charge in [-0.25, -0.2) is 13.1 Å². The van der Waals surface area contributed by atoms with Crippen molar-refractivity contribution in [1.29, 1.82) is 0 Å². The maximum absolute atomic E-state index is 13.0. The first-order valence-corrected chi connectivity index (χ1v) is 12.8. The number of methoxy groups -OCH3 is 1. The fourth-order valence-corrected chi connectivity index (χ4v) is 5.60. The molecule has 0 bridgehead atoms. The smallest absolute Gasteiger partial charge is 0.280 e. The van der Waals surface area contributed by atoms with Crippen molar-refractivity contribution in [3.63, 3.8) is 0 Å². The highest BCUT2D eigenvalue weighted by molar-refractivity contribution is 7.89. The molecule has 1 aliphatic rings. The Kier molecular flexibility index (Phi) is 6.77. The molecule has 34 heavy (non-hydrogen) atoms. The van der Waals surface area contributed by atoms with Gasteiger partial charge in [0.25, 0.3) is 5.56 Å². The van der Waals surface area contributed by atoms with Gasteiger partial charge in [-0.1, -0.05) is 12.5 Å². The highest BCUT2D eigenvalue weighted by Crippen LogP contribution is 2.32. The van der Waals surface area contributed by atoms with Crippen molar-refractivity contribution in [1.82, 2.24) is 14.1 Å². The Labute approximate surface area is 199 Å². The predicted octanol–water partition coefficient (Wildman–Crippen LogP) is 4.02. The molecule has 1 fully saturated rings. The van der Waals surface area contributed by atoms with Crippen LogP contribution in [0.4, 0.5) is 5.69 Å². The molecule has 4 rings (SSSR count). The van der Waals surface area contributed by atoms with Crippen molar-refractivity contribution in [2.45, 2.75) is 44.9 Å². The zero-order chi connectivity index (χ0) is 24.5. The van der Waals surface area contributed by atoms with E-state index in [4.69, 9.17) is 4.74 Å². The molecule has 9 heteroatoms. The average Bonchev–Trinajstić information content (AvgIpc) is 3.13. The molecule has 0 unspecified atom stereocenters. The fraction of sp³-hybridized carbons (Fsp3) is 0.360. The minimum absolute atomic E-state index is 0.181. The molecule has 1 N–H and O–H groups in total. The molecule has 1 saturated heterocycles.